The number of hydrogen-bond donors (Lipinski definition) is 9. The summed E-state index contributed by atoms with van der Waals surface area (Å²) in [6.07, 6.45) is -0.191. The molecule has 0 spiro atoms. The van der Waals surface area contributed by atoms with E-state index in [-0.39, 0.29) is 28.5 Å². The number of nitrogens with zero attached hydrogens (tertiary/aromatic N) is 1. The highest BCUT2D eigenvalue weighted by Gasteiger charge is 2.38. The maximum Gasteiger partial charge on any atom is 0.291 e. The molecular weight excluding hydrogens is 452 g/mol. The van der Waals surface area contributed by atoms with Crippen LogP contribution in [0.2, 0.25) is 0 Å². The van der Waals surface area contributed by atoms with Crippen LogP contribution in [0.5, 0.6) is 0 Å². The highest BCUT2D eigenvalue weighted by atomic mass is 32.1. The van der Waals surface area contributed by atoms with E-state index < -0.39 is 29.9 Å². The molecule has 1 amide bonds. The number of amides is 1. The van der Waals surface area contributed by atoms with E-state index >= 15 is 0 Å². The first-order valence-corrected chi connectivity index (χ1v) is 10.5. The van der Waals surface area contributed by atoms with Crippen LogP contribution in [0, 0.1) is 0 Å². The van der Waals surface area contributed by atoms with Crippen LogP contribution in [0.1, 0.15) is 16.8 Å². The van der Waals surface area contributed by atoms with Gasteiger partial charge >= 0.3 is 0 Å². The first-order chi connectivity index (χ1) is 15.4. The number of nitrogen functional groups attached to an aromatic ring is 1. The Bertz CT molecular complexity index is 1090. The molecule has 3 aromatic rings. The van der Waals surface area contributed by atoms with Gasteiger partial charge < -0.3 is 41.7 Å². The van der Waals surface area contributed by atoms with Crippen molar-refractivity contribution in [2.75, 3.05) is 17.6 Å². The van der Waals surface area contributed by atoms with Gasteiger partial charge in [0.25, 0.3) is 11.7 Å². The number of nitrogens with one attached hydrogen (secondary N) is 2. The molecule has 0 aliphatic carbocycles. The quantitative estimate of drug-likeness (QED) is 0.174. The lowest BCUT2D eigenvalue weighted by Gasteiger charge is -2.29. The molecule has 0 radical (unpaired) electrons. The van der Waals surface area contributed by atoms with Crippen molar-refractivity contribution in [3.63, 3.8) is 0 Å². The number of aromatic nitrogens is 1. The van der Waals surface area contributed by atoms with Gasteiger partial charge in [-0.15, -0.1) is 11.3 Å². The standard InChI is InChI=1S/C21H24N4O7S/c22-18-25-16(11-33-18)21(31,32)17(26)24-15-8-6-14(7-9-15)19(27,28)12-23-20(29,30)10-13-4-2-1-3-5-13/h1-9,11,23,27-32H,10,12H2,(H2,22,25)(H,24,26). The van der Waals surface area contributed by atoms with Crippen LogP contribution >= 0.6 is 11.3 Å². The van der Waals surface area contributed by atoms with Crippen molar-refractivity contribution in [1.29, 1.82) is 0 Å². The van der Waals surface area contributed by atoms with Gasteiger partial charge in [-0.25, -0.2) is 4.98 Å². The molecule has 176 valence electrons. The predicted molar refractivity (Wildman–Crippen MR) is 119 cm³/mol. The summed E-state index contributed by atoms with van der Waals surface area (Å²) in [6, 6.07) is 13.8. The largest absolute Gasteiger partial charge is 0.375 e. The number of rotatable bonds is 9. The average molecular weight is 477 g/mol. The Morgan fingerprint density at radius 2 is 1.61 bits per heavy atom. The number of aliphatic hydroxyl groups is 6. The average Bonchev–Trinajstić information content (AvgIpc) is 3.20. The van der Waals surface area contributed by atoms with Crippen molar-refractivity contribution in [2.45, 2.75) is 23.9 Å². The van der Waals surface area contributed by atoms with Gasteiger partial charge in [-0.1, -0.05) is 42.5 Å². The number of anilines is 2. The summed E-state index contributed by atoms with van der Waals surface area (Å²) in [6.45, 7) is -0.625. The molecule has 0 unspecified atom stereocenters. The lowest BCUT2D eigenvalue weighted by molar-refractivity contribution is -0.221. The van der Waals surface area contributed by atoms with Crippen LogP contribution < -0.4 is 16.4 Å². The Morgan fingerprint density at radius 3 is 2.18 bits per heavy atom. The Balaban J connectivity index is 1.61. The third-order valence-corrected chi connectivity index (χ3v) is 5.39. The molecule has 0 aliphatic rings. The minimum Gasteiger partial charge on any atom is -0.375 e. The van der Waals surface area contributed by atoms with Gasteiger partial charge in [-0.2, -0.15) is 0 Å². The summed E-state index contributed by atoms with van der Waals surface area (Å²) < 4.78 is 0. The number of benzene rings is 2. The zero-order valence-corrected chi connectivity index (χ0v) is 18.0. The first-order valence-electron chi connectivity index (χ1n) is 9.66. The third kappa shape index (κ3) is 6.31. The van der Waals surface area contributed by atoms with E-state index in [2.05, 4.69) is 15.6 Å². The van der Waals surface area contributed by atoms with Crippen molar-refractivity contribution >= 4 is 28.1 Å². The van der Waals surface area contributed by atoms with Crippen molar-refractivity contribution in [3.05, 3.63) is 76.8 Å². The second-order valence-electron chi connectivity index (χ2n) is 7.42. The Kier molecular flexibility index (Phi) is 7.11. The predicted octanol–water partition coefficient (Wildman–Crippen LogP) is -0.890. The highest BCUT2D eigenvalue weighted by Crippen LogP contribution is 2.25. The van der Waals surface area contributed by atoms with E-state index in [4.69, 9.17) is 5.73 Å². The maximum absolute atomic E-state index is 12.2. The molecule has 0 saturated carbocycles. The van der Waals surface area contributed by atoms with Gasteiger partial charge in [0.2, 0.25) is 11.7 Å². The number of carbonyl (C=O) groups excluding carboxylic acids is 1. The van der Waals surface area contributed by atoms with Gasteiger partial charge in [0.05, 0.1) is 6.54 Å². The van der Waals surface area contributed by atoms with Gasteiger partial charge in [-0.05, 0) is 17.7 Å². The second kappa shape index (κ2) is 9.51. The molecule has 1 heterocycles. The number of nitrogens with two attached hydrogens (primary N) is 1. The highest BCUT2D eigenvalue weighted by molar-refractivity contribution is 7.13. The van der Waals surface area contributed by atoms with Crippen LogP contribution in [0.25, 0.3) is 0 Å². The summed E-state index contributed by atoms with van der Waals surface area (Å²) >= 11 is 0.936. The molecule has 10 N–H and O–H groups in total. The fourth-order valence-corrected chi connectivity index (χ4v) is 3.51. The molecule has 0 bridgehead atoms. The van der Waals surface area contributed by atoms with Crippen molar-refractivity contribution < 1.29 is 35.4 Å². The number of carbonyl (C=O) groups is 1. The molecule has 0 atom stereocenters. The molecule has 12 heteroatoms. The molecule has 33 heavy (non-hydrogen) atoms. The third-order valence-electron chi connectivity index (χ3n) is 4.71. The zero-order chi connectivity index (χ0) is 24.3. The van der Waals surface area contributed by atoms with Crippen LogP contribution in [0.4, 0.5) is 10.8 Å². The molecule has 0 fully saturated rings. The van der Waals surface area contributed by atoms with Crippen LogP contribution in [0.3, 0.4) is 0 Å². The summed E-state index contributed by atoms with van der Waals surface area (Å²) in [5.74, 6) is -8.98. The summed E-state index contributed by atoms with van der Waals surface area (Å²) in [5, 5.41) is 66.9. The fraction of sp³-hybridized carbons (Fsp3) is 0.238. The second-order valence-corrected chi connectivity index (χ2v) is 8.31. The minimum absolute atomic E-state index is 0.0185. The molecule has 1 aromatic heterocycles. The summed E-state index contributed by atoms with van der Waals surface area (Å²) in [4.78, 5) is 15.9. The van der Waals surface area contributed by atoms with E-state index in [1.54, 1.807) is 30.3 Å². The van der Waals surface area contributed by atoms with Crippen LogP contribution in [-0.4, -0.2) is 54.0 Å². The Hall–Kier alpha value is -2.94. The van der Waals surface area contributed by atoms with E-state index in [1.807, 2.05) is 0 Å². The first kappa shape index (κ1) is 24.7. The lowest BCUT2D eigenvalue weighted by atomic mass is 10.0. The molecule has 0 saturated heterocycles. The van der Waals surface area contributed by atoms with Crippen molar-refractivity contribution in [2.24, 2.45) is 0 Å². The fourth-order valence-electron chi connectivity index (χ4n) is 2.91. The van der Waals surface area contributed by atoms with Crippen LogP contribution in [0.15, 0.2) is 60.0 Å². The van der Waals surface area contributed by atoms with E-state index in [0.29, 0.717) is 5.56 Å². The molecular formula is C21H24N4O7S. The van der Waals surface area contributed by atoms with E-state index in [1.165, 1.54) is 29.6 Å². The molecule has 2 aromatic carbocycles. The van der Waals surface area contributed by atoms with Crippen LogP contribution in [-0.2, 0) is 22.8 Å². The molecule has 3 rings (SSSR count). The smallest absolute Gasteiger partial charge is 0.291 e. The summed E-state index contributed by atoms with van der Waals surface area (Å²) in [5.41, 5.74) is 5.85. The monoisotopic (exact) mass is 476 g/mol. The zero-order valence-electron chi connectivity index (χ0n) is 17.2. The van der Waals surface area contributed by atoms with Gasteiger partial charge in [0.1, 0.15) is 5.69 Å². The van der Waals surface area contributed by atoms with Gasteiger partial charge in [-0.3, -0.25) is 10.1 Å². The summed E-state index contributed by atoms with van der Waals surface area (Å²) in [7, 11) is 0. The van der Waals surface area contributed by atoms with Crippen molar-refractivity contribution in [1.82, 2.24) is 10.3 Å². The van der Waals surface area contributed by atoms with Gasteiger partial charge in [0, 0.05) is 23.1 Å². The SMILES string of the molecule is Nc1nc(C(O)(O)C(=O)Nc2ccc(C(O)(O)CNC(O)(O)Cc3ccccc3)cc2)cs1. The normalized spacial score (nSPS) is 12.5. The Labute approximate surface area is 192 Å². The van der Waals surface area contributed by atoms with E-state index in [9.17, 15) is 35.4 Å². The number of thiazole rings is 1. The minimum atomic E-state index is -2.92. The Morgan fingerprint density at radius 1 is 0.970 bits per heavy atom. The van der Waals surface area contributed by atoms with Crippen molar-refractivity contribution in [3.8, 4) is 0 Å². The van der Waals surface area contributed by atoms with E-state index in [0.717, 1.165) is 11.3 Å². The lowest BCUT2D eigenvalue weighted by Crippen LogP contribution is -2.52. The number of hydrogen-bond acceptors (Lipinski definition) is 11. The topological polar surface area (TPSA) is 201 Å². The van der Waals surface area contributed by atoms with Gasteiger partial charge in [0.15, 0.2) is 5.13 Å². The molecule has 11 nitrogen and oxygen atoms in total. The molecule has 0 aliphatic heterocycles. The maximum atomic E-state index is 12.2.